The molecule has 0 unspecified atom stereocenters. The van der Waals surface area contributed by atoms with Crippen LogP contribution in [-0.2, 0) is 6.54 Å². The van der Waals surface area contributed by atoms with Gasteiger partial charge in [-0.2, -0.15) is 0 Å². The van der Waals surface area contributed by atoms with Gasteiger partial charge in [-0.3, -0.25) is 0 Å². The first-order valence-corrected chi connectivity index (χ1v) is 7.08. The molecule has 0 saturated carbocycles. The van der Waals surface area contributed by atoms with Gasteiger partial charge in [0.2, 0.25) is 0 Å². The minimum atomic E-state index is 0.687. The summed E-state index contributed by atoms with van der Waals surface area (Å²) in [4.78, 5) is 4.22. The van der Waals surface area contributed by atoms with Crippen LogP contribution in [0.1, 0.15) is 5.01 Å². The largest absolute Gasteiger partial charge is 0.378 e. The Bertz CT molecular complexity index is 661. The molecule has 0 spiro atoms. The van der Waals surface area contributed by atoms with E-state index in [2.05, 4.69) is 27.0 Å². The van der Waals surface area contributed by atoms with Crippen molar-refractivity contribution in [1.82, 2.24) is 9.55 Å². The number of hydrogen-bond acceptors (Lipinski definition) is 3. The van der Waals surface area contributed by atoms with Crippen LogP contribution in [0, 0.1) is 0 Å². The van der Waals surface area contributed by atoms with Crippen molar-refractivity contribution in [2.45, 2.75) is 6.54 Å². The Kier molecular flexibility index (Phi) is 3.53. The first kappa shape index (κ1) is 12.3. The number of benzene rings is 1. The zero-order valence-electron chi connectivity index (χ0n) is 10.1. The topological polar surface area (TPSA) is 29.9 Å². The van der Waals surface area contributed by atoms with E-state index in [0.29, 0.717) is 6.54 Å². The van der Waals surface area contributed by atoms with Crippen LogP contribution in [0.5, 0.6) is 0 Å². The lowest BCUT2D eigenvalue weighted by atomic mass is 10.2. The molecule has 0 fully saturated rings. The van der Waals surface area contributed by atoms with Gasteiger partial charge in [0, 0.05) is 23.8 Å². The van der Waals surface area contributed by atoms with E-state index in [1.54, 1.807) is 6.20 Å². The molecule has 0 aliphatic heterocycles. The standard InChI is InChI=1S/C14H12ClN3S/c15-13-9-17-14(19-13)10-16-11-4-3-5-12(8-11)18-6-1-2-7-18/h1-9,16H,10H2. The molecule has 19 heavy (non-hydrogen) atoms. The maximum atomic E-state index is 5.86. The number of aromatic nitrogens is 2. The van der Waals surface area contributed by atoms with Crippen LogP contribution >= 0.6 is 22.9 Å². The second kappa shape index (κ2) is 5.47. The molecular formula is C14H12ClN3S. The molecule has 1 aromatic carbocycles. The van der Waals surface area contributed by atoms with E-state index in [0.717, 1.165) is 20.7 Å². The molecule has 1 N–H and O–H groups in total. The van der Waals surface area contributed by atoms with Crippen molar-refractivity contribution in [1.29, 1.82) is 0 Å². The lowest BCUT2D eigenvalue weighted by Crippen LogP contribution is -1.99. The lowest BCUT2D eigenvalue weighted by Gasteiger charge is -2.08. The first-order valence-electron chi connectivity index (χ1n) is 5.89. The average molecular weight is 290 g/mol. The van der Waals surface area contributed by atoms with Gasteiger partial charge in [0.05, 0.1) is 12.7 Å². The van der Waals surface area contributed by atoms with Gasteiger partial charge in [-0.25, -0.2) is 4.98 Å². The Morgan fingerprint density at radius 3 is 2.79 bits per heavy atom. The summed E-state index contributed by atoms with van der Waals surface area (Å²) in [5.74, 6) is 0. The van der Waals surface area contributed by atoms with E-state index in [1.165, 1.54) is 11.3 Å². The van der Waals surface area contributed by atoms with Gasteiger partial charge in [0.15, 0.2) is 0 Å². The molecule has 5 heteroatoms. The molecule has 2 aromatic heterocycles. The summed E-state index contributed by atoms with van der Waals surface area (Å²) in [7, 11) is 0. The minimum absolute atomic E-state index is 0.687. The fourth-order valence-electron chi connectivity index (χ4n) is 1.83. The van der Waals surface area contributed by atoms with Crippen LogP contribution in [0.2, 0.25) is 4.34 Å². The van der Waals surface area contributed by atoms with E-state index in [1.807, 2.05) is 36.7 Å². The number of rotatable bonds is 4. The Labute approximate surface area is 120 Å². The predicted molar refractivity (Wildman–Crippen MR) is 80.2 cm³/mol. The van der Waals surface area contributed by atoms with Gasteiger partial charge in [0.1, 0.15) is 9.34 Å². The molecule has 0 amide bonds. The van der Waals surface area contributed by atoms with Gasteiger partial charge in [0.25, 0.3) is 0 Å². The van der Waals surface area contributed by atoms with Crippen molar-refractivity contribution < 1.29 is 0 Å². The quantitative estimate of drug-likeness (QED) is 0.780. The zero-order valence-corrected chi connectivity index (χ0v) is 11.7. The van der Waals surface area contributed by atoms with Crippen molar-refractivity contribution in [2.24, 2.45) is 0 Å². The first-order chi connectivity index (χ1) is 9.31. The highest BCUT2D eigenvalue weighted by atomic mass is 35.5. The van der Waals surface area contributed by atoms with E-state index >= 15 is 0 Å². The van der Waals surface area contributed by atoms with Crippen molar-refractivity contribution in [3.8, 4) is 5.69 Å². The van der Waals surface area contributed by atoms with Crippen molar-refractivity contribution in [3.05, 3.63) is 64.3 Å². The normalized spacial score (nSPS) is 10.6. The number of hydrogen-bond donors (Lipinski definition) is 1. The molecule has 3 nitrogen and oxygen atoms in total. The van der Waals surface area contributed by atoms with Crippen LogP contribution in [0.3, 0.4) is 0 Å². The van der Waals surface area contributed by atoms with Crippen LogP contribution < -0.4 is 5.32 Å². The number of halogens is 1. The number of nitrogens with one attached hydrogen (secondary N) is 1. The summed E-state index contributed by atoms with van der Waals surface area (Å²) in [6.07, 6.45) is 5.74. The number of anilines is 1. The molecule has 96 valence electrons. The molecule has 2 heterocycles. The Morgan fingerprint density at radius 1 is 1.21 bits per heavy atom. The predicted octanol–water partition coefficient (Wildman–Crippen LogP) is 4.20. The second-order valence-corrected chi connectivity index (χ2v) is 5.80. The highest BCUT2D eigenvalue weighted by Crippen LogP contribution is 2.20. The fraction of sp³-hybridized carbons (Fsp3) is 0.0714. The highest BCUT2D eigenvalue weighted by Gasteiger charge is 2.01. The summed E-state index contributed by atoms with van der Waals surface area (Å²) in [6.45, 7) is 0.687. The molecule has 0 aliphatic carbocycles. The summed E-state index contributed by atoms with van der Waals surface area (Å²) in [5, 5.41) is 4.34. The van der Waals surface area contributed by atoms with Crippen LogP contribution in [0.15, 0.2) is 55.0 Å². The zero-order chi connectivity index (χ0) is 13.1. The fourth-order valence-corrected chi connectivity index (χ4v) is 2.73. The van der Waals surface area contributed by atoms with Crippen LogP contribution in [0.4, 0.5) is 5.69 Å². The molecular weight excluding hydrogens is 278 g/mol. The molecule has 0 radical (unpaired) electrons. The van der Waals surface area contributed by atoms with Gasteiger partial charge in [-0.1, -0.05) is 17.7 Å². The van der Waals surface area contributed by atoms with E-state index in [4.69, 9.17) is 11.6 Å². The van der Waals surface area contributed by atoms with Crippen LogP contribution in [-0.4, -0.2) is 9.55 Å². The Hall–Kier alpha value is -1.78. The van der Waals surface area contributed by atoms with E-state index < -0.39 is 0 Å². The Morgan fingerprint density at radius 2 is 2.05 bits per heavy atom. The number of nitrogens with zero attached hydrogens (tertiary/aromatic N) is 2. The van der Waals surface area contributed by atoms with E-state index in [-0.39, 0.29) is 0 Å². The molecule has 3 aromatic rings. The van der Waals surface area contributed by atoms with Crippen molar-refractivity contribution in [3.63, 3.8) is 0 Å². The van der Waals surface area contributed by atoms with Crippen LogP contribution in [0.25, 0.3) is 5.69 Å². The second-order valence-electron chi connectivity index (χ2n) is 4.05. The summed E-state index contributed by atoms with van der Waals surface area (Å²) >= 11 is 7.36. The molecule has 0 aliphatic rings. The summed E-state index contributed by atoms with van der Waals surface area (Å²) in [5.41, 5.74) is 2.20. The van der Waals surface area contributed by atoms with Gasteiger partial charge < -0.3 is 9.88 Å². The molecule has 0 bridgehead atoms. The SMILES string of the molecule is Clc1cnc(CNc2cccc(-n3cccc3)c2)s1. The molecule has 0 atom stereocenters. The van der Waals surface area contributed by atoms with Crippen molar-refractivity contribution in [2.75, 3.05) is 5.32 Å². The van der Waals surface area contributed by atoms with Crippen molar-refractivity contribution >= 4 is 28.6 Å². The molecule has 0 saturated heterocycles. The van der Waals surface area contributed by atoms with E-state index in [9.17, 15) is 0 Å². The van der Waals surface area contributed by atoms with Gasteiger partial charge >= 0.3 is 0 Å². The maximum Gasteiger partial charge on any atom is 0.113 e. The number of thiazole rings is 1. The third-order valence-electron chi connectivity index (χ3n) is 2.72. The summed E-state index contributed by atoms with van der Waals surface area (Å²) < 4.78 is 2.80. The smallest absolute Gasteiger partial charge is 0.113 e. The minimum Gasteiger partial charge on any atom is -0.378 e. The van der Waals surface area contributed by atoms with Gasteiger partial charge in [-0.15, -0.1) is 11.3 Å². The lowest BCUT2D eigenvalue weighted by molar-refractivity contribution is 1.07. The third kappa shape index (κ3) is 2.97. The Balaban J connectivity index is 1.73. The average Bonchev–Trinajstić information content (AvgIpc) is 3.08. The molecule has 3 rings (SSSR count). The third-order valence-corrected chi connectivity index (χ3v) is 3.83. The summed E-state index contributed by atoms with van der Waals surface area (Å²) in [6, 6.07) is 12.3. The monoisotopic (exact) mass is 289 g/mol. The maximum absolute atomic E-state index is 5.86. The van der Waals surface area contributed by atoms with Gasteiger partial charge in [-0.05, 0) is 30.3 Å². The highest BCUT2D eigenvalue weighted by molar-refractivity contribution is 7.15.